The van der Waals surface area contributed by atoms with Crippen LogP contribution >= 0.6 is 31.9 Å². The topological polar surface area (TPSA) is 27.0 Å². The standard InChI is InChI=1S/C15H12Br2N2/c1-19(10-11-5-2-3-6-13(11)16)15-8-4-7-14(17)12(15)9-18/h2-8H,10H2,1H3. The third-order valence-electron chi connectivity index (χ3n) is 2.88. The molecule has 96 valence electrons. The average Bonchev–Trinajstić information content (AvgIpc) is 2.41. The van der Waals surface area contributed by atoms with Crippen molar-refractivity contribution in [1.82, 2.24) is 0 Å². The third-order valence-corrected chi connectivity index (χ3v) is 4.31. The van der Waals surface area contributed by atoms with E-state index in [1.807, 2.05) is 43.4 Å². The summed E-state index contributed by atoms with van der Waals surface area (Å²) >= 11 is 6.96. The van der Waals surface area contributed by atoms with Gasteiger partial charge >= 0.3 is 0 Å². The van der Waals surface area contributed by atoms with Crippen molar-refractivity contribution in [3.63, 3.8) is 0 Å². The van der Waals surface area contributed by atoms with Crippen molar-refractivity contribution in [2.75, 3.05) is 11.9 Å². The summed E-state index contributed by atoms with van der Waals surface area (Å²) < 4.78 is 1.90. The molecule has 0 atom stereocenters. The molecule has 0 radical (unpaired) electrons. The first-order valence-electron chi connectivity index (χ1n) is 5.76. The van der Waals surface area contributed by atoms with Crippen LogP contribution in [0.1, 0.15) is 11.1 Å². The number of hydrogen-bond acceptors (Lipinski definition) is 2. The van der Waals surface area contributed by atoms with Gasteiger partial charge < -0.3 is 4.90 Å². The van der Waals surface area contributed by atoms with Gasteiger partial charge in [0.2, 0.25) is 0 Å². The van der Waals surface area contributed by atoms with Gasteiger partial charge in [0.1, 0.15) is 6.07 Å². The van der Waals surface area contributed by atoms with Crippen molar-refractivity contribution in [2.24, 2.45) is 0 Å². The molecule has 19 heavy (non-hydrogen) atoms. The summed E-state index contributed by atoms with van der Waals surface area (Å²) in [4.78, 5) is 2.07. The van der Waals surface area contributed by atoms with Crippen LogP contribution in [0, 0.1) is 11.3 Å². The Balaban J connectivity index is 2.31. The fourth-order valence-corrected chi connectivity index (χ4v) is 2.76. The van der Waals surface area contributed by atoms with Crippen LogP contribution in [0.5, 0.6) is 0 Å². The molecule has 2 aromatic carbocycles. The minimum Gasteiger partial charge on any atom is -0.369 e. The van der Waals surface area contributed by atoms with E-state index in [0.29, 0.717) is 5.56 Å². The summed E-state index contributed by atoms with van der Waals surface area (Å²) in [6.07, 6.45) is 0. The maximum Gasteiger partial charge on any atom is 0.103 e. The van der Waals surface area contributed by atoms with Gasteiger partial charge in [0, 0.05) is 22.5 Å². The Morgan fingerprint density at radius 1 is 1.05 bits per heavy atom. The fraction of sp³-hybridized carbons (Fsp3) is 0.133. The van der Waals surface area contributed by atoms with Gasteiger partial charge in [-0.2, -0.15) is 5.26 Å². The molecule has 0 amide bonds. The average molecular weight is 380 g/mol. The second-order valence-corrected chi connectivity index (χ2v) is 5.90. The predicted octanol–water partition coefficient (Wildman–Crippen LogP) is 4.72. The molecule has 0 aliphatic heterocycles. The second kappa shape index (κ2) is 6.23. The van der Waals surface area contributed by atoms with Crippen LogP contribution in [-0.2, 0) is 6.54 Å². The lowest BCUT2D eigenvalue weighted by atomic mass is 10.1. The normalized spacial score (nSPS) is 10.0. The molecule has 0 spiro atoms. The van der Waals surface area contributed by atoms with Crippen LogP contribution in [-0.4, -0.2) is 7.05 Å². The largest absolute Gasteiger partial charge is 0.369 e. The molecule has 2 rings (SSSR count). The summed E-state index contributed by atoms with van der Waals surface area (Å²) in [5.41, 5.74) is 2.78. The van der Waals surface area contributed by atoms with E-state index in [9.17, 15) is 5.26 Å². The Morgan fingerprint density at radius 3 is 2.42 bits per heavy atom. The van der Waals surface area contributed by atoms with Crippen LogP contribution in [0.15, 0.2) is 51.4 Å². The maximum absolute atomic E-state index is 9.25. The van der Waals surface area contributed by atoms with Gasteiger partial charge in [0.05, 0.1) is 11.3 Å². The number of halogens is 2. The smallest absolute Gasteiger partial charge is 0.103 e. The van der Waals surface area contributed by atoms with Gasteiger partial charge in [-0.1, -0.05) is 40.2 Å². The monoisotopic (exact) mass is 378 g/mol. The Bertz CT molecular complexity index is 632. The summed E-state index contributed by atoms with van der Waals surface area (Å²) in [6, 6.07) is 16.1. The van der Waals surface area contributed by atoms with E-state index in [2.05, 4.69) is 48.9 Å². The number of nitriles is 1. The Morgan fingerprint density at radius 2 is 1.74 bits per heavy atom. The molecule has 0 aliphatic rings. The summed E-state index contributed by atoms with van der Waals surface area (Å²) in [6.45, 7) is 0.743. The minimum atomic E-state index is 0.664. The van der Waals surface area contributed by atoms with Crippen LogP contribution in [0.4, 0.5) is 5.69 Å². The Hall–Kier alpha value is -1.31. The summed E-state index contributed by atoms with van der Waals surface area (Å²) in [7, 11) is 1.99. The molecule has 0 heterocycles. The second-order valence-electron chi connectivity index (χ2n) is 4.19. The molecule has 0 aliphatic carbocycles. The third kappa shape index (κ3) is 3.17. The van der Waals surface area contributed by atoms with Crippen molar-refractivity contribution in [1.29, 1.82) is 5.26 Å². The van der Waals surface area contributed by atoms with Crippen molar-refractivity contribution in [2.45, 2.75) is 6.54 Å². The van der Waals surface area contributed by atoms with Crippen LogP contribution < -0.4 is 4.90 Å². The summed E-state index contributed by atoms with van der Waals surface area (Å²) in [5, 5.41) is 9.25. The highest BCUT2D eigenvalue weighted by Crippen LogP contribution is 2.28. The fourth-order valence-electron chi connectivity index (χ4n) is 1.91. The van der Waals surface area contributed by atoms with Gasteiger partial charge in [0.15, 0.2) is 0 Å². The highest BCUT2D eigenvalue weighted by Gasteiger charge is 2.11. The number of nitrogens with zero attached hydrogens (tertiary/aromatic N) is 2. The number of anilines is 1. The molecule has 0 N–H and O–H groups in total. The molecule has 2 aromatic rings. The van der Waals surface area contributed by atoms with E-state index in [1.165, 1.54) is 5.56 Å². The molecule has 0 saturated carbocycles. The van der Waals surface area contributed by atoms with Gasteiger partial charge in [-0.15, -0.1) is 0 Å². The molecular weight excluding hydrogens is 368 g/mol. The van der Waals surface area contributed by atoms with E-state index in [-0.39, 0.29) is 0 Å². The first-order valence-corrected chi connectivity index (χ1v) is 7.35. The van der Waals surface area contributed by atoms with Crippen molar-refractivity contribution in [3.05, 3.63) is 62.5 Å². The van der Waals surface area contributed by atoms with E-state index >= 15 is 0 Å². The van der Waals surface area contributed by atoms with Crippen molar-refractivity contribution >= 4 is 37.5 Å². The Kier molecular flexibility index (Phi) is 4.62. The van der Waals surface area contributed by atoms with E-state index < -0.39 is 0 Å². The molecule has 0 saturated heterocycles. The van der Waals surface area contributed by atoms with Gasteiger partial charge in [-0.3, -0.25) is 0 Å². The van der Waals surface area contributed by atoms with Gasteiger partial charge in [0.25, 0.3) is 0 Å². The van der Waals surface area contributed by atoms with E-state index in [0.717, 1.165) is 21.2 Å². The lowest BCUT2D eigenvalue weighted by molar-refractivity contribution is 0.915. The Labute approximate surface area is 129 Å². The number of rotatable bonds is 3. The van der Waals surface area contributed by atoms with Crippen LogP contribution in [0.2, 0.25) is 0 Å². The summed E-state index contributed by atoms with van der Waals surface area (Å²) in [5.74, 6) is 0. The van der Waals surface area contributed by atoms with Crippen LogP contribution in [0.3, 0.4) is 0 Å². The zero-order valence-corrected chi connectivity index (χ0v) is 13.6. The van der Waals surface area contributed by atoms with Crippen molar-refractivity contribution in [3.8, 4) is 6.07 Å². The highest BCUT2D eigenvalue weighted by molar-refractivity contribution is 9.10. The molecule has 0 fully saturated rings. The molecule has 0 unspecified atom stereocenters. The molecule has 0 aromatic heterocycles. The van der Waals surface area contributed by atoms with E-state index in [1.54, 1.807) is 0 Å². The predicted molar refractivity (Wildman–Crippen MR) is 85.1 cm³/mol. The molecule has 4 heteroatoms. The minimum absolute atomic E-state index is 0.664. The van der Waals surface area contributed by atoms with Gasteiger partial charge in [-0.05, 0) is 39.7 Å². The lowest BCUT2D eigenvalue weighted by Crippen LogP contribution is -2.18. The lowest BCUT2D eigenvalue weighted by Gasteiger charge is -2.21. The number of hydrogen-bond donors (Lipinski definition) is 0. The zero-order valence-electron chi connectivity index (χ0n) is 10.4. The van der Waals surface area contributed by atoms with E-state index in [4.69, 9.17) is 0 Å². The molecule has 0 bridgehead atoms. The van der Waals surface area contributed by atoms with Gasteiger partial charge in [-0.25, -0.2) is 0 Å². The van der Waals surface area contributed by atoms with Crippen LogP contribution in [0.25, 0.3) is 0 Å². The number of benzene rings is 2. The first-order chi connectivity index (χ1) is 9.13. The highest BCUT2D eigenvalue weighted by atomic mass is 79.9. The van der Waals surface area contributed by atoms with Crippen molar-refractivity contribution < 1.29 is 0 Å². The SMILES string of the molecule is CN(Cc1ccccc1Br)c1cccc(Br)c1C#N. The maximum atomic E-state index is 9.25. The first kappa shape index (κ1) is 14.1. The molecular formula is C15H12Br2N2. The quantitative estimate of drug-likeness (QED) is 0.771. The zero-order chi connectivity index (χ0) is 13.8. The molecule has 2 nitrogen and oxygen atoms in total.